The van der Waals surface area contributed by atoms with Gasteiger partial charge in [-0.15, -0.1) is 0 Å². The Hall–Kier alpha value is -0.530. The van der Waals surface area contributed by atoms with Crippen LogP contribution in [0.1, 0.15) is 58.3 Å². The van der Waals surface area contributed by atoms with E-state index >= 15 is 0 Å². The summed E-state index contributed by atoms with van der Waals surface area (Å²) >= 11 is 0. The molecule has 0 aromatic carbocycles. The van der Waals surface area contributed by atoms with E-state index in [2.05, 4.69) is 6.92 Å². The monoisotopic (exact) mass is 198 g/mol. The molecule has 0 saturated heterocycles. The Balaban J connectivity index is 2.39. The average Bonchev–Trinajstić information content (AvgIpc) is 2.28. The van der Waals surface area contributed by atoms with Gasteiger partial charge in [0.1, 0.15) is 0 Å². The summed E-state index contributed by atoms with van der Waals surface area (Å²) in [5.74, 6) is 0.202. The highest BCUT2D eigenvalue weighted by Gasteiger charge is 2.19. The van der Waals surface area contributed by atoms with Gasteiger partial charge < -0.3 is 5.11 Å². The van der Waals surface area contributed by atoms with Gasteiger partial charge in [0.05, 0.1) is 5.92 Å². The van der Waals surface area contributed by atoms with Crippen molar-refractivity contribution in [2.24, 2.45) is 11.8 Å². The molecule has 82 valence electrons. The Morgan fingerprint density at radius 1 is 1.14 bits per heavy atom. The van der Waals surface area contributed by atoms with Crippen molar-refractivity contribution in [2.45, 2.75) is 58.3 Å². The normalized spacial score (nSPS) is 30.1. The topological polar surface area (TPSA) is 37.3 Å². The highest BCUT2D eigenvalue weighted by Crippen LogP contribution is 2.26. The number of aliphatic carboxylic acids is 1. The quantitative estimate of drug-likeness (QED) is 0.737. The van der Waals surface area contributed by atoms with Crippen molar-refractivity contribution >= 4 is 5.97 Å². The first kappa shape index (κ1) is 11.5. The first-order valence-corrected chi connectivity index (χ1v) is 5.96. The first-order chi connectivity index (χ1) is 6.74. The molecule has 0 spiro atoms. The standard InChI is InChI=1S/C12H22O2/c1-2-10-6-3-4-8-11(12(13)14)9-5-7-10/h10-11H,2-9H2,1H3,(H,13,14). The summed E-state index contributed by atoms with van der Waals surface area (Å²) in [6.07, 6.45) is 9.03. The van der Waals surface area contributed by atoms with Crippen LogP contribution < -0.4 is 0 Å². The van der Waals surface area contributed by atoms with Gasteiger partial charge in [-0.1, -0.05) is 45.4 Å². The first-order valence-electron chi connectivity index (χ1n) is 5.96. The minimum absolute atomic E-state index is 0.0643. The maximum absolute atomic E-state index is 10.9. The van der Waals surface area contributed by atoms with Crippen molar-refractivity contribution in [3.05, 3.63) is 0 Å². The second-order valence-corrected chi connectivity index (χ2v) is 4.52. The molecule has 0 radical (unpaired) electrons. The second-order valence-electron chi connectivity index (χ2n) is 4.52. The molecular formula is C12H22O2. The predicted octanol–water partition coefficient (Wildman–Crippen LogP) is 3.46. The summed E-state index contributed by atoms with van der Waals surface area (Å²) in [5, 5.41) is 8.97. The fourth-order valence-electron chi connectivity index (χ4n) is 2.42. The number of hydrogen-bond acceptors (Lipinski definition) is 1. The SMILES string of the molecule is CCC1CCCCC(C(=O)O)CCC1. The van der Waals surface area contributed by atoms with Gasteiger partial charge in [-0.05, 0) is 18.8 Å². The zero-order valence-electron chi connectivity index (χ0n) is 9.17. The molecule has 1 saturated carbocycles. The van der Waals surface area contributed by atoms with E-state index in [1.54, 1.807) is 0 Å². The molecule has 0 aromatic rings. The Labute approximate surface area is 86.7 Å². The Morgan fingerprint density at radius 2 is 1.71 bits per heavy atom. The van der Waals surface area contributed by atoms with Crippen LogP contribution in [0.2, 0.25) is 0 Å². The van der Waals surface area contributed by atoms with Crippen LogP contribution >= 0.6 is 0 Å². The van der Waals surface area contributed by atoms with Gasteiger partial charge in [0.25, 0.3) is 0 Å². The van der Waals surface area contributed by atoms with Gasteiger partial charge in [0.15, 0.2) is 0 Å². The number of carbonyl (C=O) groups is 1. The summed E-state index contributed by atoms with van der Waals surface area (Å²) in [4.78, 5) is 10.9. The van der Waals surface area contributed by atoms with Crippen LogP contribution in [-0.2, 0) is 4.79 Å². The van der Waals surface area contributed by atoms with Crippen LogP contribution in [0.15, 0.2) is 0 Å². The highest BCUT2D eigenvalue weighted by atomic mass is 16.4. The molecule has 1 rings (SSSR count). The van der Waals surface area contributed by atoms with Crippen molar-refractivity contribution in [2.75, 3.05) is 0 Å². The molecule has 14 heavy (non-hydrogen) atoms. The summed E-state index contributed by atoms with van der Waals surface area (Å²) in [6, 6.07) is 0. The van der Waals surface area contributed by atoms with E-state index in [1.807, 2.05) is 0 Å². The molecule has 2 nitrogen and oxygen atoms in total. The molecule has 2 heteroatoms. The van der Waals surface area contributed by atoms with Crippen LogP contribution in [-0.4, -0.2) is 11.1 Å². The highest BCUT2D eigenvalue weighted by molar-refractivity contribution is 5.69. The summed E-state index contributed by atoms with van der Waals surface area (Å²) in [7, 11) is 0. The zero-order valence-corrected chi connectivity index (χ0v) is 9.17. The number of hydrogen-bond donors (Lipinski definition) is 1. The van der Waals surface area contributed by atoms with Crippen LogP contribution in [0.25, 0.3) is 0 Å². The van der Waals surface area contributed by atoms with E-state index in [4.69, 9.17) is 5.11 Å². The lowest BCUT2D eigenvalue weighted by atomic mass is 9.94. The number of carboxylic acids is 1. The van der Waals surface area contributed by atoms with Crippen LogP contribution in [0.4, 0.5) is 0 Å². The van der Waals surface area contributed by atoms with E-state index in [-0.39, 0.29) is 5.92 Å². The molecule has 0 amide bonds. The van der Waals surface area contributed by atoms with Gasteiger partial charge in [0.2, 0.25) is 0 Å². The lowest BCUT2D eigenvalue weighted by molar-refractivity contribution is -0.142. The van der Waals surface area contributed by atoms with Gasteiger partial charge in [-0.25, -0.2) is 0 Å². The maximum Gasteiger partial charge on any atom is 0.306 e. The predicted molar refractivity (Wildman–Crippen MR) is 57.2 cm³/mol. The van der Waals surface area contributed by atoms with Crippen molar-refractivity contribution < 1.29 is 9.90 Å². The van der Waals surface area contributed by atoms with Crippen molar-refractivity contribution in [1.82, 2.24) is 0 Å². The molecule has 1 aliphatic rings. The maximum atomic E-state index is 10.9. The number of carboxylic acid groups (broad SMARTS) is 1. The van der Waals surface area contributed by atoms with E-state index in [1.165, 1.54) is 25.7 Å². The van der Waals surface area contributed by atoms with Crippen molar-refractivity contribution in [3.8, 4) is 0 Å². The average molecular weight is 198 g/mol. The molecular weight excluding hydrogens is 176 g/mol. The largest absolute Gasteiger partial charge is 0.481 e. The van der Waals surface area contributed by atoms with Gasteiger partial charge >= 0.3 is 5.97 Å². The molecule has 0 bridgehead atoms. The molecule has 1 aliphatic carbocycles. The molecule has 2 atom stereocenters. The Kier molecular flexibility index (Phi) is 4.99. The molecule has 0 aliphatic heterocycles. The molecule has 2 unspecified atom stereocenters. The van der Waals surface area contributed by atoms with Crippen molar-refractivity contribution in [3.63, 3.8) is 0 Å². The minimum atomic E-state index is -0.583. The third-order valence-corrected chi connectivity index (χ3v) is 3.51. The zero-order chi connectivity index (χ0) is 10.4. The Morgan fingerprint density at radius 3 is 2.36 bits per heavy atom. The molecule has 0 heterocycles. The van der Waals surface area contributed by atoms with Crippen molar-refractivity contribution in [1.29, 1.82) is 0 Å². The van der Waals surface area contributed by atoms with E-state index < -0.39 is 5.97 Å². The summed E-state index contributed by atoms with van der Waals surface area (Å²) in [5.41, 5.74) is 0. The second kappa shape index (κ2) is 6.05. The molecule has 0 aromatic heterocycles. The lowest BCUT2D eigenvalue weighted by Crippen LogP contribution is -2.13. The van der Waals surface area contributed by atoms with Gasteiger partial charge in [0, 0.05) is 0 Å². The fourth-order valence-corrected chi connectivity index (χ4v) is 2.42. The third kappa shape index (κ3) is 3.69. The number of rotatable bonds is 2. The van der Waals surface area contributed by atoms with Gasteiger partial charge in [-0.2, -0.15) is 0 Å². The van der Waals surface area contributed by atoms with E-state index in [0.717, 1.165) is 31.6 Å². The third-order valence-electron chi connectivity index (χ3n) is 3.51. The summed E-state index contributed by atoms with van der Waals surface area (Å²) in [6.45, 7) is 2.25. The fraction of sp³-hybridized carbons (Fsp3) is 0.917. The molecule has 1 N–H and O–H groups in total. The van der Waals surface area contributed by atoms with E-state index in [0.29, 0.717) is 0 Å². The molecule has 1 fully saturated rings. The summed E-state index contributed by atoms with van der Waals surface area (Å²) < 4.78 is 0. The van der Waals surface area contributed by atoms with Crippen LogP contribution in [0.5, 0.6) is 0 Å². The minimum Gasteiger partial charge on any atom is -0.481 e. The smallest absolute Gasteiger partial charge is 0.306 e. The van der Waals surface area contributed by atoms with Crippen LogP contribution in [0, 0.1) is 11.8 Å². The lowest BCUT2D eigenvalue weighted by Gasteiger charge is -2.12. The van der Waals surface area contributed by atoms with Gasteiger partial charge in [-0.3, -0.25) is 4.79 Å². The van der Waals surface area contributed by atoms with E-state index in [9.17, 15) is 4.79 Å². The Bertz CT molecular complexity index is 177. The van der Waals surface area contributed by atoms with Crippen LogP contribution in [0.3, 0.4) is 0 Å².